The van der Waals surface area contributed by atoms with Gasteiger partial charge in [0.15, 0.2) is 0 Å². The first-order valence-electron chi connectivity index (χ1n) is 15.0. The van der Waals surface area contributed by atoms with Gasteiger partial charge in [0, 0.05) is 25.6 Å². The van der Waals surface area contributed by atoms with Crippen molar-refractivity contribution in [2.75, 3.05) is 11.9 Å². The third-order valence-corrected chi connectivity index (χ3v) is 6.32. The van der Waals surface area contributed by atoms with Crippen molar-refractivity contribution in [2.24, 2.45) is 11.7 Å². The summed E-state index contributed by atoms with van der Waals surface area (Å²) < 4.78 is 10.3. The van der Waals surface area contributed by atoms with Crippen molar-refractivity contribution < 1.29 is 47.8 Å². The number of ketones is 1. The highest BCUT2D eigenvalue weighted by Gasteiger charge is 2.28. The van der Waals surface area contributed by atoms with E-state index in [-0.39, 0.29) is 38.3 Å². The molecule has 47 heavy (non-hydrogen) atoms. The maximum Gasteiger partial charge on any atom is 0.408 e. The maximum atomic E-state index is 13.2. The number of esters is 1. The second-order valence-corrected chi connectivity index (χ2v) is 11.1. The van der Waals surface area contributed by atoms with Crippen LogP contribution in [0, 0.1) is 11.4 Å². The smallest absolute Gasteiger partial charge is 0.408 e. The van der Waals surface area contributed by atoms with Crippen LogP contribution in [0.4, 0.5) is 15.3 Å². The number of benzene rings is 1. The van der Waals surface area contributed by atoms with Crippen LogP contribution in [-0.2, 0) is 40.1 Å². The van der Waals surface area contributed by atoms with Gasteiger partial charge in [0.1, 0.15) is 24.7 Å². The van der Waals surface area contributed by atoms with Gasteiger partial charge in [-0.1, -0.05) is 26.0 Å². The van der Waals surface area contributed by atoms with E-state index >= 15 is 0 Å². The zero-order chi connectivity index (χ0) is 35.5. The molecule has 0 heterocycles. The molecular weight excluding hydrogens is 616 g/mol. The minimum Gasteiger partial charge on any atom is -0.461 e. The van der Waals surface area contributed by atoms with Crippen LogP contribution in [0.3, 0.4) is 0 Å². The van der Waals surface area contributed by atoms with E-state index in [9.17, 15) is 33.6 Å². The Balaban J connectivity index is 2.87. The lowest BCUT2D eigenvalue weighted by Crippen LogP contribution is -2.54. The Bertz CT molecular complexity index is 1310. The quantitative estimate of drug-likeness (QED) is 0.0365. The number of ether oxygens (including phenoxy) is 2. The fourth-order valence-electron chi connectivity index (χ4n) is 4.04. The summed E-state index contributed by atoms with van der Waals surface area (Å²) in [6.45, 7) is 8.04. The van der Waals surface area contributed by atoms with E-state index in [0.29, 0.717) is 17.7 Å². The second-order valence-electron chi connectivity index (χ2n) is 11.1. The van der Waals surface area contributed by atoms with Crippen LogP contribution in [0.2, 0.25) is 0 Å². The van der Waals surface area contributed by atoms with Crippen molar-refractivity contribution in [1.29, 1.82) is 5.53 Å². The first-order valence-corrected chi connectivity index (χ1v) is 15.0. The van der Waals surface area contributed by atoms with Crippen LogP contribution in [0.25, 0.3) is 0 Å². The summed E-state index contributed by atoms with van der Waals surface area (Å²) in [5.41, 5.74) is 12.7. The number of nitrogens with zero attached hydrogens (tertiary/aromatic N) is 1. The number of hydrogen-bond acceptors (Lipinski definition) is 10. The van der Waals surface area contributed by atoms with E-state index in [1.165, 1.54) is 6.92 Å². The molecule has 1 aromatic rings. The van der Waals surface area contributed by atoms with Gasteiger partial charge < -0.3 is 41.8 Å². The fraction of sp³-hybridized carbons (Fsp3) is 0.533. The zero-order valence-corrected chi connectivity index (χ0v) is 27.2. The van der Waals surface area contributed by atoms with E-state index in [2.05, 4.69) is 31.4 Å². The Labute approximate surface area is 272 Å². The van der Waals surface area contributed by atoms with Gasteiger partial charge in [0.25, 0.3) is 0 Å². The predicted octanol–water partition coefficient (Wildman–Crippen LogP) is 0.925. The minimum absolute atomic E-state index is 0.0889. The number of amides is 6. The number of carbonyl (C=O) groups is 7. The molecule has 0 aliphatic carbocycles. The van der Waals surface area contributed by atoms with Crippen molar-refractivity contribution in [2.45, 2.75) is 91.1 Å². The SMILES string of the molecule is CC(=O)N[C@H](C(=O)N[C@@H](CCCNC(N)=O)C(=O)Nc1ccc(COC(=O)N[C@@H](CCC(=O)C=[N+]=N)C(=O)OC(C)C)cc1)C(C)C. The molecule has 8 N–H and O–H groups in total. The fourth-order valence-corrected chi connectivity index (χ4v) is 4.04. The summed E-state index contributed by atoms with van der Waals surface area (Å²) in [4.78, 5) is 88.1. The van der Waals surface area contributed by atoms with Gasteiger partial charge in [-0.15, -0.1) is 0 Å². The van der Waals surface area contributed by atoms with Crippen molar-refractivity contribution in [1.82, 2.24) is 21.3 Å². The molecule has 0 unspecified atom stereocenters. The predicted molar refractivity (Wildman–Crippen MR) is 168 cm³/mol. The van der Waals surface area contributed by atoms with Crippen molar-refractivity contribution >= 4 is 53.5 Å². The molecular formula is C30H45N8O9+. The molecule has 1 aromatic carbocycles. The molecule has 3 atom stereocenters. The van der Waals surface area contributed by atoms with Gasteiger partial charge in [0.05, 0.1) is 16.4 Å². The number of nitrogens with one attached hydrogen (secondary N) is 6. The second kappa shape index (κ2) is 20.7. The molecule has 1 rings (SSSR count). The highest BCUT2D eigenvalue weighted by Crippen LogP contribution is 2.13. The highest BCUT2D eigenvalue weighted by atomic mass is 16.6. The summed E-state index contributed by atoms with van der Waals surface area (Å²) >= 11 is 0. The molecule has 0 fully saturated rings. The molecule has 17 heteroatoms. The van der Waals surface area contributed by atoms with Crippen LogP contribution in [-0.4, -0.2) is 83.4 Å². The molecule has 0 radical (unpaired) electrons. The molecule has 0 aliphatic rings. The molecule has 6 amide bonds. The Kier molecular flexibility index (Phi) is 17.5. The molecule has 0 saturated heterocycles. The number of rotatable bonds is 19. The summed E-state index contributed by atoms with van der Waals surface area (Å²) in [6, 6.07) is 2.51. The number of Topliss-reactive ketones (excluding diaryl/α,β-unsaturated/α-hetero) is 1. The summed E-state index contributed by atoms with van der Waals surface area (Å²) in [6.07, 6.45) is -0.368. The van der Waals surface area contributed by atoms with E-state index in [1.807, 2.05) is 0 Å². The van der Waals surface area contributed by atoms with Crippen LogP contribution in [0.1, 0.15) is 65.9 Å². The van der Waals surface area contributed by atoms with E-state index < -0.39 is 65.8 Å². The average molecular weight is 662 g/mol. The van der Waals surface area contributed by atoms with Crippen molar-refractivity contribution in [3.63, 3.8) is 0 Å². The Morgan fingerprint density at radius 2 is 1.57 bits per heavy atom. The summed E-state index contributed by atoms with van der Waals surface area (Å²) in [5, 5.41) is 12.8. The minimum atomic E-state index is -1.17. The normalized spacial score (nSPS) is 12.4. The molecule has 0 spiro atoms. The molecule has 17 nitrogen and oxygen atoms in total. The average Bonchev–Trinajstić information content (AvgIpc) is 2.98. The highest BCUT2D eigenvalue weighted by molar-refractivity contribution is 6.25. The van der Waals surface area contributed by atoms with Crippen LogP contribution in [0.5, 0.6) is 0 Å². The number of alkyl carbamates (subject to hydrolysis) is 1. The number of hydrogen-bond donors (Lipinski definition) is 7. The van der Waals surface area contributed by atoms with Crippen LogP contribution >= 0.6 is 0 Å². The van der Waals surface area contributed by atoms with Crippen LogP contribution < -0.4 is 32.3 Å². The molecule has 258 valence electrons. The van der Waals surface area contributed by atoms with E-state index in [4.69, 9.17) is 20.7 Å². The van der Waals surface area contributed by atoms with Gasteiger partial charge in [-0.3, -0.25) is 19.2 Å². The summed E-state index contributed by atoms with van der Waals surface area (Å²) in [7, 11) is 0. The van der Waals surface area contributed by atoms with Gasteiger partial charge in [-0.05, 0) is 56.7 Å². The third kappa shape index (κ3) is 16.5. The number of nitrogens with two attached hydrogens (primary N) is 1. The molecule has 0 aromatic heterocycles. The summed E-state index contributed by atoms with van der Waals surface area (Å²) in [5.74, 6) is -2.99. The van der Waals surface area contributed by atoms with Gasteiger partial charge >= 0.3 is 24.3 Å². The molecule has 0 saturated carbocycles. The van der Waals surface area contributed by atoms with Gasteiger partial charge in [-0.2, -0.15) is 0 Å². The first kappa shape index (κ1) is 39.7. The maximum absolute atomic E-state index is 13.2. The van der Waals surface area contributed by atoms with Crippen molar-refractivity contribution in [3.05, 3.63) is 29.8 Å². The topological polar surface area (TPSA) is 262 Å². The Morgan fingerprint density at radius 3 is 2.13 bits per heavy atom. The van der Waals surface area contributed by atoms with Crippen LogP contribution in [0.15, 0.2) is 24.3 Å². The number of primary amides is 1. The van der Waals surface area contributed by atoms with E-state index in [0.717, 1.165) is 6.21 Å². The Morgan fingerprint density at radius 1 is 0.915 bits per heavy atom. The lowest BCUT2D eigenvalue weighted by atomic mass is 10.0. The largest absolute Gasteiger partial charge is 0.461 e. The molecule has 0 aliphatic heterocycles. The Hall–Kier alpha value is -5.31. The molecule has 0 bridgehead atoms. The third-order valence-electron chi connectivity index (χ3n) is 6.32. The van der Waals surface area contributed by atoms with Gasteiger partial charge in [0.2, 0.25) is 23.5 Å². The monoisotopic (exact) mass is 661 g/mol. The van der Waals surface area contributed by atoms with Gasteiger partial charge in [-0.25, -0.2) is 14.4 Å². The zero-order valence-electron chi connectivity index (χ0n) is 27.2. The van der Waals surface area contributed by atoms with Crippen molar-refractivity contribution in [3.8, 4) is 0 Å². The number of anilines is 1. The number of urea groups is 1. The first-order chi connectivity index (χ1) is 22.1. The lowest BCUT2D eigenvalue weighted by molar-refractivity contribution is -0.150. The standard InChI is InChI=1S/C30H44N8O9/c1-17(2)25(35-19(5)39)27(42)37-23(7-6-14-33-29(31)44)26(41)36-21-10-8-20(9-11-21)16-46-30(45)38-24(28(43)47-18(3)4)13-12-22(40)15-34-32/h8-11,15,17-18,23-25,32H,6-7,12-14,16H2,1-5H3,(H6-,31,33,35,36,37,38,39,41,42,44,45)/p+1/t23-,24-,25-/m0/s1. The lowest BCUT2D eigenvalue weighted by Gasteiger charge is -2.25. The van der Waals surface area contributed by atoms with E-state index in [1.54, 1.807) is 52.0 Å². The number of carbonyl (C=O) groups excluding carboxylic acids is 7.